The van der Waals surface area contributed by atoms with Crippen molar-refractivity contribution in [2.75, 3.05) is 67.1 Å². The van der Waals surface area contributed by atoms with Crippen molar-refractivity contribution >= 4 is 29.9 Å². The molecule has 0 aromatic heterocycles. The molecule has 2 aliphatic rings. The number of ether oxygens (including phenoxy) is 1. The van der Waals surface area contributed by atoms with E-state index in [1.165, 1.54) is 0 Å². The maximum atomic E-state index is 12.7. The molecule has 0 atom stereocenters. The van der Waals surface area contributed by atoms with Gasteiger partial charge in [0, 0.05) is 65.1 Å². The average molecular weight is 569 g/mol. The molecule has 2 aliphatic heterocycles. The highest BCUT2D eigenvalue weighted by molar-refractivity contribution is 14.0. The number of halogens is 4. The lowest BCUT2D eigenvalue weighted by Crippen LogP contribution is -2.59. The van der Waals surface area contributed by atoms with Crippen LogP contribution in [0.15, 0.2) is 29.3 Å². The first kappa shape index (κ1) is 27.1. The Balaban J connectivity index is 0.00000363. The summed E-state index contributed by atoms with van der Waals surface area (Å²) in [5.41, 5.74) is 0.367. The molecule has 10 heteroatoms. The summed E-state index contributed by atoms with van der Waals surface area (Å²) in [5.74, 6) is 0.905. The van der Waals surface area contributed by atoms with Crippen LogP contribution in [0.2, 0.25) is 0 Å². The molecular weight excluding hydrogens is 534 g/mol. The van der Waals surface area contributed by atoms with Gasteiger partial charge in [0.2, 0.25) is 0 Å². The van der Waals surface area contributed by atoms with E-state index >= 15 is 0 Å². The van der Waals surface area contributed by atoms with E-state index in [0.29, 0.717) is 6.54 Å². The van der Waals surface area contributed by atoms with E-state index in [1.807, 2.05) is 7.05 Å². The van der Waals surface area contributed by atoms with Gasteiger partial charge < -0.3 is 19.9 Å². The van der Waals surface area contributed by atoms with E-state index in [-0.39, 0.29) is 29.5 Å². The van der Waals surface area contributed by atoms with Crippen LogP contribution in [0.3, 0.4) is 0 Å². The second-order valence-corrected chi connectivity index (χ2v) is 8.59. The summed E-state index contributed by atoms with van der Waals surface area (Å²) in [4.78, 5) is 11.3. The molecule has 3 rings (SSSR count). The van der Waals surface area contributed by atoms with Crippen LogP contribution in [0, 0.1) is 0 Å². The van der Waals surface area contributed by atoms with Gasteiger partial charge in [0.1, 0.15) is 0 Å². The van der Waals surface area contributed by atoms with Crippen molar-refractivity contribution in [2.24, 2.45) is 4.99 Å². The number of alkyl halides is 3. The number of guanidine groups is 1. The zero-order chi connectivity index (χ0) is 22.5. The third-order valence-electron chi connectivity index (χ3n) is 6.52. The normalized spacial score (nSPS) is 20.2. The van der Waals surface area contributed by atoms with Gasteiger partial charge >= 0.3 is 6.18 Å². The SMILES string of the molecule is CN=C(NCC1(N(C)C)CCOCC1)N1CCN(Cc2ccc(C(F)(F)F)cc2)CC1.I. The minimum Gasteiger partial charge on any atom is -0.381 e. The van der Waals surface area contributed by atoms with Gasteiger partial charge in [-0.2, -0.15) is 13.2 Å². The van der Waals surface area contributed by atoms with Gasteiger partial charge in [-0.05, 0) is 44.6 Å². The topological polar surface area (TPSA) is 43.3 Å². The van der Waals surface area contributed by atoms with Gasteiger partial charge in [0.25, 0.3) is 0 Å². The lowest BCUT2D eigenvalue weighted by Gasteiger charge is -2.44. The highest BCUT2D eigenvalue weighted by Crippen LogP contribution is 2.29. The Kier molecular flexibility index (Phi) is 10.0. The monoisotopic (exact) mass is 569 g/mol. The fourth-order valence-electron chi connectivity index (χ4n) is 4.28. The first-order valence-corrected chi connectivity index (χ1v) is 10.8. The summed E-state index contributed by atoms with van der Waals surface area (Å²) < 4.78 is 43.8. The Morgan fingerprint density at radius 3 is 2.19 bits per heavy atom. The number of nitrogens with one attached hydrogen (secondary N) is 1. The molecule has 0 aliphatic carbocycles. The van der Waals surface area contributed by atoms with Crippen LogP contribution in [-0.2, 0) is 17.5 Å². The number of aliphatic imine (C=N–C) groups is 1. The molecule has 32 heavy (non-hydrogen) atoms. The van der Waals surface area contributed by atoms with Crippen molar-refractivity contribution in [3.8, 4) is 0 Å². The van der Waals surface area contributed by atoms with Crippen LogP contribution >= 0.6 is 24.0 Å². The summed E-state index contributed by atoms with van der Waals surface area (Å²) in [6.07, 6.45) is -2.31. The van der Waals surface area contributed by atoms with Gasteiger partial charge in [-0.25, -0.2) is 0 Å². The lowest BCUT2D eigenvalue weighted by atomic mass is 9.88. The number of hydrogen-bond donors (Lipinski definition) is 1. The van der Waals surface area contributed by atoms with Gasteiger partial charge in [-0.15, -0.1) is 24.0 Å². The molecule has 6 nitrogen and oxygen atoms in total. The Morgan fingerprint density at radius 1 is 1.09 bits per heavy atom. The molecule has 2 saturated heterocycles. The van der Waals surface area contributed by atoms with E-state index in [0.717, 1.165) is 82.4 Å². The third kappa shape index (κ3) is 6.94. The molecule has 0 bridgehead atoms. The Hall–Kier alpha value is -1.11. The van der Waals surface area contributed by atoms with Gasteiger partial charge in [0.15, 0.2) is 5.96 Å². The second-order valence-electron chi connectivity index (χ2n) is 8.59. The van der Waals surface area contributed by atoms with Crippen molar-refractivity contribution < 1.29 is 17.9 Å². The van der Waals surface area contributed by atoms with Crippen molar-refractivity contribution in [1.82, 2.24) is 20.0 Å². The number of nitrogens with zero attached hydrogens (tertiary/aromatic N) is 4. The summed E-state index contributed by atoms with van der Waals surface area (Å²) in [7, 11) is 6.05. The third-order valence-corrected chi connectivity index (χ3v) is 6.52. The van der Waals surface area contributed by atoms with Gasteiger partial charge in [0.05, 0.1) is 5.56 Å². The van der Waals surface area contributed by atoms with Crippen molar-refractivity contribution in [2.45, 2.75) is 31.1 Å². The van der Waals surface area contributed by atoms with E-state index in [2.05, 4.69) is 39.1 Å². The molecule has 0 radical (unpaired) electrons. The van der Waals surface area contributed by atoms with Crippen LogP contribution in [0.25, 0.3) is 0 Å². The number of rotatable bonds is 5. The molecule has 1 aromatic rings. The van der Waals surface area contributed by atoms with Gasteiger partial charge in [-0.3, -0.25) is 9.89 Å². The number of likely N-dealkylation sites (N-methyl/N-ethyl adjacent to an activating group) is 1. The number of benzene rings is 1. The smallest absolute Gasteiger partial charge is 0.381 e. The lowest BCUT2D eigenvalue weighted by molar-refractivity contribution is -0.137. The average Bonchev–Trinajstić information content (AvgIpc) is 2.75. The summed E-state index contributed by atoms with van der Waals surface area (Å²) in [6.45, 7) is 6.38. The molecule has 0 spiro atoms. The van der Waals surface area contributed by atoms with E-state index in [1.54, 1.807) is 12.1 Å². The van der Waals surface area contributed by atoms with Crippen LogP contribution < -0.4 is 5.32 Å². The minimum absolute atomic E-state index is 0. The molecule has 2 heterocycles. The fraction of sp³-hybridized carbons (Fsp3) is 0.682. The van der Waals surface area contributed by atoms with Crippen molar-refractivity contribution in [3.05, 3.63) is 35.4 Å². The van der Waals surface area contributed by atoms with E-state index < -0.39 is 11.7 Å². The van der Waals surface area contributed by atoms with Crippen molar-refractivity contribution in [1.29, 1.82) is 0 Å². The first-order chi connectivity index (χ1) is 14.7. The Labute approximate surface area is 206 Å². The molecule has 0 amide bonds. The molecule has 0 saturated carbocycles. The molecule has 1 aromatic carbocycles. The van der Waals surface area contributed by atoms with Crippen LogP contribution in [0.1, 0.15) is 24.0 Å². The van der Waals surface area contributed by atoms with E-state index in [9.17, 15) is 13.2 Å². The Bertz CT molecular complexity index is 728. The van der Waals surface area contributed by atoms with E-state index in [4.69, 9.17) is 4.74 Å². The largest absolute Gasteiger partial charge is 0.416 e. The summed E-state index contributed by atoms with van der Waals surface area (Å²) >= 11 is 0. The standard InChI is InChI=1S/C22H34F3N5O.HI/c1-26-20(27-17-21(28(2)3)8-14-31-15-9-21)30-12-10-29(11-13-30)16-18-4-6-19(7-5-18)22(23,24)25;/h4-7H,8-17H2,1-3H3,(H,26,27);1H. The molecule has 0 unspecified atom stereocenters. The summed E-state index contributed by atoms with van der Waals surface area (Å²) in [6, 6.07) is 5.47. The zero-order valence-electron chi connectivity index (χ0n) is 19.1. The highest BCUT2D eigenvalue weighted by atomic mass is 127. The highest BCUT2D eigenvalue weighted by Gasteiger charge is 2.35. The van der Waals surface area contributed by atoms with Crippen LogP contribution in [-0.4, -0.2) is 93.3 Å². The second kappa shape index (κ2) is 11.8. The fourth-order valence-corrected chi connectivity index (χ4v) is 4.28. The molecule has 2 fully saturated rings. The molecule has 182 valence electrons. The molecular formula is C22H35F3IN5O. The number of piperazine rings is 1. The Morgan fingerprint density at radius 2 is 1.69 bits per heavy atom. The first-order valence-electron chi connectivity index (χ1n) is 10.8. The maximum absolute atomic E-state index is 12.7. The van der Waals surface area contributed by atoms with Crippen molar-refractivity contribution in [3.63, 3.8) is 0 Å². The van der Waals surface area contributed by atoms with Gasteiger partial charge in [-0.1, -0.05) is 12.1 Å². The minimum atomic E-state index is -4.29. The maximum Gasteiger partial charge on any atom is 0.416 e. The predicted octanol–water partition coefficient (Wildman–Crippen LogP) is 3.13. The summed E-state index contributed by atoms with van der Waals surface area (Å²) in [5, 5.41) is 3.57. The van der Waals surface area contributed by atoms with Crippen LogP contribution in [0.4, 0.5) is 13.2 Å². The molecule has 1 N–H and O–H groups in total. The quantitative estimate of drug-likeness (QED) is 0.336. The van der Waals surface area contributed by atoms with Crippen LogP contribution in [0.5, 0.6) is 0 Å². The zero-order valence-corrected chi connectivity index (χ0v) is 21.5. The predicted molar refractivity (Wildman–Crippen MR) is 132 cm³/mol. The number of hydrogen-bond acceptors (Lipinski definition) is 4.